The monoisotopic (exact) mass is 695 g/mol. The van der Waals surface area contributed by atoms with Gasteiger partial charge in [0.25, 0.3) is 11.5 Å². The lowest BCUT2D eigenvalue weighted by Crippen LogP contribution is -2.51. The van der Waals surface area contributed by atoms with Crippen LogP contribution in [-0.4, -0.2) is 79.8 Å². The van der Waals surface area contributed by atoms with E-state index in [0.29, 0.717) is 61.8 Å². The highest BCUT2D eigenvalue weighted by Gasteiger charge is 2.32. The summed E-state index contributed by atoms with van der Waals surface area (Å²) in [6, 6.07) is 6.72. The van der Waals surface area contributed by atoms with Gasteiger partial charge in [-0.15, -0.1) is 5.10 Å². The molecule has 4 aromatic rings. The van der Waals surface area contributed by atoms with Gasteiger partial charge in [0.2, 0.25) is 11.7 Å². The van der Waals surface area contributed by atoms with Gasteiger partial charge in [0.1, 0.15) is 24.1 Å². The largest absolute Gasteiger partial charge is 0.416 e. The van der Waals surface area contributed by atoms with Crippen LogP contribution in [0.25, 0.3) is 11.5 Å². The van der Waals surface area contributed by atoms with E-state index in [-0.39, 0.29) is 48.3 Å². The summed E-state index contributed by atoms with van der Waals surface area (Å²) in [5.74, 6) is -0.522. The van der Waals surface area contributed by atoms with Crippen molar-refractivity contribution in [2.75, 3.05) is 42.9 Å². The van der Waals surface area contributed by atoms with Crippen LogP contribution in [0.5, 0.6) is 0 Å². The predicted molar refractivity (Wildman–Crippen MR) is 179 cm³/mol. The number of piperazine rings is 1. The molecule has 16 heteroatoms. The molecule has 12 nitrogen and oxygen atoms in total. The summed E-state index contributed by atoms with van der Waals surface area (Å²) in [5, 5.41) is 10.1. The fourth-order valence-corrected chi connectivity index (χ4v) is 6.35. The molecule has 0 radical (unpaired) electrons. The van der Waals surface area contributed by atoms with E-state index in [1.807, 2.05) is 24.8 Å². The second kappa shape index (κ2) is 13.9. The number of amides is 2. The van der Waals surface area contributed by atoms with Gasteiger partial charge in [-0.2, -0.15) is 22.7 Å². The van der Waals surface area contributed by atoms with Crippen molar-refractivity contribution in [3.05, 3.63) is 86.9 Å². The number of carbonyl (C=O) groups is 2. The van der Waals surface area contributed by atoms with Crippen molar-refractivity contribution in [1.82, 2.24) is 34.4 Å². The predicted octanol–water partition coefficient (Wildman–Crippen LogP) is 4.01. The number of hydrogen-bond donors (Lipinski definition) is 2. The Labute approximate surface area is 284 Å². The zero-order valence-corrected chi connectivity index (χ0v) is 27.8. The number of halogens is 4. The Hall–Kier alpha value is -5.28. The molecule has 2 N–H and O–H groups in total. The first-order chi connectivity index (χ1) is 23.9. The van der Waals surface area contributed by atoms with Gasteiger partial charge in [-0.25, -0.2) is 4.39 Å². The molecule has 1 saturated heterocycles. The van der Waals surface area contributed by atoms with E-state index in [0.717, 1.165) is 22.2 Å². The Bertz CT molecular complexity index is 2030. The molecule has 2 aliphatic heterocycles. The van der Waals surface area contributed by atoms with E-state index >= 15 is 0 Å². The van der Waals surface area contributed by atoms with Crippen LogP contribution in [0.4, 0.5) is 28.9 Å². The minimum Gasteiger partial charge on any atom is -0.379 e. The van der Waals surface area contributed by atoms with Crippen molar-refractivity contribution in [3.63, 3.8) is 0 Å². The maximum absolute atomic E-state index is 14.2. The zero-order valence-electron chi connectivity index (χ0n) is 27.8. The fraction of sp³-hybridized carbons (Fsp3) is 0.412. The van der Waals surface area contributed by atoms with E-state index in [4.69, 9.17) is 0 Å². The summed E-state index contributed by atoms with van der Waals surface area (Å²) in [6.45, 7) is 6.24. The van der Waals surface area contributed by atoms with Gasteiger partial charge < -0.3 is 25.0 Å². The number of aryl methyl sites for hydroxylation is 2. The third kappa shape index (κ3) is 6.78. The first kappa shape index (κ1) is 34.6. The molecule has 3 aromatic heterocycles. The van der Waals surface area contributed by atoms with Gasteiger partial charge in [0.05, 0.1) is 17.0 Å². The van der Waals surface area contributed by atoms with Crippen LogP contribution in [0.1, 0.15) is 59.0 Å². The number of alkyl halides is 4. The number of aromatic nitrogens is 5. The number of nitrogens with zero attached hydrogens (tertiary/aromatic N) is 7. The Morgan fingerprint density at radius 3 is 2.48 bits per heavy atom. The smallest absolute Gasteiger partial charge is 0.379 e. The van der Waals surface area contributed by atoms with E-state index in [1.165, 1.54) is 13.0 Å². The molecule has 264 valence electrons. The van der Waals surface area contributed by atoms with E-state index < -0.39 is 29.4 Å². The normalized spacial score (nSPS) is 16.7. The average Bonchev–Trinajstić information content (AvgIpc) is 3.56. The number of nitrogens with one attached hydrogen (secondary N) is 2. The molecule has 1 fully saturated rings. The molecule has 2 aliphatic rings. The minimum absolute atomic E-state index is 0.0488. The summed E-state index contributed by atoms with van der Waals surface area (Å²) in [6.07, 6.45) is -1.30. The summed E-state index contributed by atoms with van der Waals surface area (Å²) < 4.78 is 56.3. The van der Waals surface area contributed by atoms with E-state index in [1.54, 1.807) is 27.8 Å². The van der Waals surface area contributed by atoms with Crippen LogP contribution in [0.15, 0.2) is 47.4 Å². The van der Waals surface area contributed by atoms with Crippen LogP contribution < -0.4 is 21.1 Å². The molecule has 6 rings (SSSR count). The van der Waals surface area contributed by atoms with Crippen molar-refractivity contribution in [1.29, 1.82) is 0 Å². The Kier molecular flexibility index (Phi) is 9.62. The standard InChI is InChI=1S/C34H37F4N9O3/c1-4-21-7-6-12-39-28(21)31(49)45-15-13-44(14-16-45)29-26(5-2)46(19-27(48)41-24-10-8-22(17-20(24)3)34(36,37)38)33-42-30(43-47(33)32(29)50)25-11-9-23(35)18-40-25/h6-8,10-12,17,23,40H,4-5,9,13-16,18-19H2,1-3H3,(H,41,48). The molecule has 0 spiro atoms. The Morgan fingerprint density at radius 1 is 1.08 bits per heavy atom. The molecule has 2 amide bonds. The van der Waals surface area contributed by atoms with Crippen LogP contribution in [0.2, 0.25) is 0 Å². The highest BCUT2D eigenvalue weighted by Crippen LogP contribution is 2.32. The van der Waals surface area contributed by atoms with E-state index in [9.17, 15) is 31.9 Å². The number of benzene rings is 1. The zero-order chi connectivity index (χ0) is 35.7. The van der Waals surface area contributed by atoms with Gasteiger partial charge in [0, 0.05) is 51.0 Å². The van der Waals surface area contributed by atoms with Gasteiger partial charge in [0.15, 0.2) is 5.82 Å². The van der Waals surface area contributed by atoms with Gasteiger partial charge >= 0.3 is 6.18 Å². The third-order valence-corrected chi connectivity index (χ3v) is 8.98. The maximum Gasteiger partial charge on any atom is 0.416 e. The topological polar surface area (TPSA) is 130 Å². The SMILES string of the molecule is CCc1cccnc1C(=O)N1CCN(c2c(CC)n(CC(=O)Nc3ccc(C(F)(F)F)cc3C)c3nc(C4=CCC(F)CN4)nn3c2=O)CC1. The third-order valence-electron chi connectivity index (χ3n) is 8.98. The lowest BCUT2D eigenvalue weighted by atomic mass is 10.1. The van der Waals surface area contributed by atoms with Crippen molar-refractivity contribution in [2.45, 2.75) is 58.9 Å². The summed E-state index contributed by atoms with van der Waals surface area (Å²) in [5.41, 5.74) is 1.61. The summed E-state index contributed by atoms with van der Waals surface area (Å²) in [7, 11) is 0. The lowest BCUT2D eigenvalue weighted by Gasteiger charge is -2.36. The van der Waals surface area contributed by atoms with Crippen molar-refractivity contribution in [2.24, 2.45) is 0 Å². The van der Waals surface area contributed by atoms with Crippen molar-refractivity contribution in [3.8, 4) is 0 Å². The molecule has 0 saturated carbocycles. The number of carbonyl (C=O) groups excluding carboxylic acids is 2. The number of pyridine rings is 1. The fourth-order valence-electron chi connectivity index (χ4n) is 6.35. The van der Waals surface area contributed by atoms with Gasteiger partial charge in [-0.3, -0.25) is 19.4 Å². The summed E-state index contributed by atoms with van der Waals surface area (Å²) in [4.78, 5) is 53.6. The average molecular weight is 696 g/mol. The number of fused-ring (bicyclic) bond motifs is 1. The molecule has 50 heavy (non-hydrogen) atoms. The highest BCUT2D eigenvalue weighted by atomic mass is 19.4. The number of allylic oxidation sites excluding steroid dienone is 1. The van der Waals surface area contributed by atoms with Crippen molar-refractivity contribution < 1.29 is 27.2 Å². The molecular formula is C34H37F4N9O3. The number of hydrogen-bond acceptors (Lipinski definition) is 8. The second-order valence-electron chi connectivity index (χ2n) is 12.2. The molecule has 1 unspecified atom stereocenters. The van der Waals surface area contributed by atoms with Crippen molar-refractivity contribution >= 4 is 34.7 Å². The summed E-state index contributed by atoms with van der Waals surface area (Å²) >= 11 is 0. The van der Waals surface area contributed by atoms with Crippen LogP contribution in [0.3, 0.4) is 0 Å². The Balaban J connectivity index is 1.35. The molecular weight excluding hydrogens is 658 g/mol. The van der Waals surface area contributed by atoms with Gasteiger partial charge in [-0.05, 0) is 55.2 Å². The first-order valence-corrected chi connectivity index (χ1v) is 16.5. The quantitative estimate of drug-likeness (QED) is 0.265. The second-order valence-corrected chi connectivity index (χ2v) is 12.2. The van der Waals surface area contributed by atoms with Crippen LogP contribution >= 0.6 is 0 Å². The Morgan fingerprint density at radius 2 is 1.84 bits per heavy atom. The molecule has 1 aromatic carbocycles. The maximum atomic E-state index is 14.2. The molecule has 0 bridgehead atoms. The molecule has 1 atom stereocenters. The number of rotatable bonds is 8. The first-order valence-electron chi connectivity index (χ1n) is 16.5. The highest BCUT2D eigenvalue weighted by molar-refractivity contribution is 5.94. The van der Waals surface area contributed by atoms with E-state index in [2.05, 4.69) is 25.7 Å². The molecule has 5 heterocycles. The van der Waals surface area contributed by atoms with Crippen LogP contribution in [0, 0.1) is 6.92 Å². The number of anilines is 2. The lowest BCUT2D eigenvalue weighted by molar-refractivity contribution is -0.137. The van der Waals surface area contributed by atoms with Gasteiger partial charge in [-0.1, -0.05) is 26.0 Å². The minimum atomic E-state index is -4.53. The van der Waals surface area contributed by atoms with Crippen LogP contribution in [-0.2, 0) is 30.4 Å². The molecule has 0 aliphatic carbocycles.